The molecule has 0 heterocycles. The highest BCUT2D eigenvalue weighted by molar-refractivity contribution is 7.89. The molecule has 30 heavy (non-hydrogen) atoms. The quantitative estimate of drug-likeness (QED) is 0.259. The summed E-state index contributed by atoms with van der Waals surface area (Å²) >= 11 is 0. The minimum atomic E-state index is -6.30. The summed E-state index contributed by atoms with van der Waals surface area (Å²) < 4.78 is 144. The number of halogens is 6. The number of rotatable bonds is 6. The Hall–Kier alpha value is -1.21. The summed E-state index contributed by atoms with van der Waals surface area (Å²) in [5, 5.41) is -10.5. The molecule has 0 saturated heterocycles. The van der Waals surface area contributed by atoms with Crippen molar-refractivity contribution in [2.75, 3.05) is 20.9 Å². The Morgan fingerprint density at radius 2 is 1.40 bits per heavy atom. The molecular formula is C15H15F6O6PS2. The number of hydrogen-bond donors (Lipinski definition) is 0. The van der Waals surface area contributed by atoms with Crippen LogP contribution in [-0.4, -0.2) is 60.0 Å². The van der Waals surface area contributed by atoms with Crippen molar-refractivity contribution < 1.29 is 51.5 Å². The molecule has 1 aliphatic carbocycles. The van der Waals surface area contributed by atoms with E-state index in [1.54, 1.807) is 0 Å². The van der Waals surface area contributed by atoms with Gasteiger partial charge in [-0.1, -0.05) is 18.2 Å². The SMILES string of the molecule is COS(=O)(=O)c1ccccc1P(C)C1(F)C=CC(F)(F)C(F)(F)C1(F)S(=O)(=O)OC. The summed E-state index contributed by atoms with van der Waals surface area (Å²) in [6.07, 6.45) is -0.981. The molecule has 0 saturated carbocycles. The number of alkyl halides is 6. The lowest BCUT2D eigenvalue weighted by Crippen LogP contribution is -2.70. The van der Waals surface area contributed by atoms with Crippen molar-refractivity contribution in [1.29, 1.82) is 0 Å². The third-order valence-corrected chi connectivity index (χ3v) is 10.4. The first-order valence-electron chi connectivity index (χ1n) is 7.74. The molecule has 0 aromatic heterocycles. The summed E-state index contributed by atoms with van der Waals surface area (Å²) in [6.45, 7) is 0.725. The van der Waals surface area contributed by atoms with Crippen LogP contribution in [-0.2, 0) is 28.6 Å². The Morgan fingerprint density at radius 3 is 1.90 bits per heavy atom. The molecule has 0 N–H and O–H groups in total. The summed E-state index contributed by atoms with van der Waals surface area (Å²) in [4.78, 5) is -0.774. The zero-order valence-electron chi connectivity index (χ0n) is 15.4. The molecule has 1 aromatic carbocycles. The Bertz CT molecular complexity index is 1080. The van der Waals surface area contributed by atoms with Crippen molar-refractivity contribution >= 4 is 33.5 Å². The first-order valence-corrected chi connectivity index (χ1v) is 12.3. The molecule has 2 rings (SSSR count). The van der Waals surface area contributed by atoms with Gasteiger partial charge in [0, 0.05) is 5.30 Å². The molecule has 0 amide bonds. The highest BCUT2D eigenvalue weighted by Crippen LogP contribution is 2.67. The largest absolute Gasteiger partial charge is 0.367 e. The van der Waals surface area contributed by atoms with E-state index in [9.17, 15) is 34.4 Å². The van der Waals surface area contributed by atoms with Crippen molar-refractivity contribution in [2.24, 2.45) is 0 Å². The van der Waals surface area contributed by atoms with Crippen molar-refractivity contribution in [3.05, 3.63) is 36.4 Å². The zero-order chi connectivity index (χ0) is 23.4. The van der Waals surface area contributed by atoms with Gasteiger partial charge in [0.2, 0.25) is 5.41 Å². The van der Waals surface area contributed by atoms with Gasteiger partial charge in [0.1, 0.15) is 4.90 Å². The highest BCUT2D eigenvalue weighted by Gasteiger charge is 2.86. The maximum absolute atomic E-state index is 16.0. The molecule has 6 nitrogen and oxygen atoms in total. The second-order valence-electron chi connectivity index (χ2n) is 6.07. The van der Waals surface area contributed by atoms with Crippen LogP contribution in [0.4, 0.5) is 26.3 Å². The average Bonchev–Trinajstić information content (AvgIpc) is 2.69. The predicted octanol–water partition coefficient (Wildman–Crippen LogP) is 2.91. The van der Waals surface area contributed by atoms with E-state index in [0.29, 0.717) is 0 Å². The van der Waals surface area contributed by atoms with Crippen LogP contribution in [0, 0.1) is 0 Å². The second-order valence-corrected chi connectivity index (χ2v) is 11.8. The molecule has 0 spiro atoms. The van der Waals surface area contributed by atoms with Gasteiger partial charge in [0.05, 0.1) is 14.2 Å². The lowest BCUT2D eigenvalue weighted by atomic mass is 9.95. The van der Waals surface area contributed by atoms with Gasteiger partial charge in [-0.25, -0.2) is 8.78 Å². The van der Waals surface area contributed by atoms with Crippen molar-refractivity contribution in [3.8, 4) is 0 Å². The van der Waals surface area contributed by atoms with Crippen LogP contribution in [0.3, 0.4) is 0 Å². The van der Waals surface area contributed by atoms with Crippen LogP contribution < -0.4 is 5.30 Å². The van der Waals surface area contributed by atoms with Gasteiger partial charge in [-0.05, 0) is 32.8 Å². The molecular weight excluding hydrogens is 485 g/mol. The van der Waals surface area contributed by atoms with E-state index in [4.69, 9.17) is 0 Å². The van der Waals surface area contributed by atoms with Crippen molar-refractivity contribution in [2.45, 2.75) is 27.2 Å². The van der Waals surface area contributed by atoms with E-state index < -0.39 is 66.7 Å². The van der Waals surface area contributed by atoms with Crippen molar-refractivity contribution in [1.82, 2.24) is 0 Å². The van der Waals surface area contributed by atoms with Crippen LogP contribution in [0.15, 0.2) is 41.3 Å². The van der Waals surface area contributed by atoms with Crippen molar-refractivity contribution in [3.63, 3.8) is 0 Å². The molecule has 0 bridgehead atoms. The average molecular weight is 500 g/mol. The molecule has 1 aliphatic rings. The van der Waals surface area contributed by atoms with Crippen LogP contribution in [0.1, 0.15) is 0 Å². The fraction of sp³-hybridized carbons (Fsp3) is 0.467. The van der Waals surface area contributed by atoms with Gasteiger partial charge < -0.3 is 0 Å². The van der Waals surface area contributed by atoms with Gasteiger partial charge in [0.25, 0.3) is 10.1 Å². The first kappa shape index (κ1) is 25.1. The number of allylic oxidation sites excluding steroid dienone is 2. The maximum atomic E-state index is 16.0. The van der Waals surface area contributed by atoms with Crippen LogP contribution in [0.25, 0.3) is 0 Å². The monoisotopic (exact) mass is 500 g/mol. The highest BCUT2D eigenvalue weighted by atomic mass is 32.2. The van der Waals surface area contributed by atoms with E-state index in [-0.39, 0.29) is 13.2 Å². The Balaban J connectivity index is 2.92. The summed E-state index contributed by atoms with van der Waals surface area (Å²) in [7, 11) is -13.1. The van der Waals surface area contributed by atoms with E-state index in [2.05, 4.69) is 8.37 Å². The lowest BCUT2D eigenvalue weighted by Gasteiger charge is -2.47. The van der Waals surface area contributed by atoms with E-state index in [0.717, 1.165) is 38.0 Å². The number of hydrogen-bond acceptors (Lipinski definition) is 6. The van der Waals surface area contributed by atoms with Gasteiger partial charge >= 0.3 is 27.0 Å². The molecule has 0 fully saturated rings. The van der Waals surface area contributed by atoms with E-state index >= 15 is 8.78 Å². The van der Waals surface area contributed by atoms with Gasteiger partial charge in [-0.3, -0.25) is 8.37 Å². The second kappa shape index (κ2) is 7.44. The van der Waals surface area contributed by atoms with Gasteiger partial charge in [0.15, 0.2) is 0 Å². The maximum Gasteiger partial charge on any atom is 0.367 e. The summed E-state index contributed by atoms with van der Waals surface area (Å²) in [6, 6.07) is 4.06. The van der Waals surface area contributed by atoms with Crippen LogP contribution >= 0.6 is 7.92 Å². The minimum absolute atomic E-state index is 0.199. The van der Waals surface area contributed by atoms with Gasteiger partial charge in [-0.15, -0.1) is 0 Å². The normalized spacial score (nSPS) is 29.5. The fourth-order valence-corrected chi connectivity index (χ4v) is 8.12. The first-order chi connectivity index (χ1) is 13.5. The summed E-state index contributed by atoms with van der Waals surface area (Å²) in [5.41, 5.74) is 0. The summed E-state index contributed by atoms with van der Waals surface area (Å²) in [5.74, 6) is -11.5. The lowest BCUT2D eigenvalue weighted by molar-refractivity contribution is -0.247. The smallest absolute Gasteiger partial charge is 0.271 e. The fourth-order valence-electron chi connectivity index (χ4n) is 2.85. The topological polar surface area (TPSA) is 86.7 Å². The van der Waals surface area contributed by atoms with Crippen LogP contribution in [0.5, 0.6) is 0 Å². The molecule has 0 radical (unpaired) electrons. The Labute approximate surface area is 169 Å². The third kappa shape index (κ3) is 3.19. The molecule has 15 heteroatoms. The van der Waals surface area contributed by atoms with Crippen LogP contribution in [0.2, 0.25) is 0 Å². The van der Waals surface area contributed by atoms with Gasteiger partial charge in [-0.2, -0.15) is 34.4 Å². The third-order valence-electron chi connectivity index (χ3n) is 4.55. The molecule has 3 unspecified atom stereocenters. The van der Waals surface area contributed by atoms with E-state index in [1.807, 2.05) is 0 Å². The molecule has 0 aliphatic heterocycles. The predicted molar refractivity (Wildman–Crippen MR) is 95.8 cm³/mol. The minimum Gasteiger partial charge on any atom is -0.271 e. The molecule has 170 valence electrons. The number of benzene rings is 1. The van der Waals surface area contributed by atoms with E-state index in [1.165, 1.54) is 0 Å². The Kier molecular flexibility index (Phi) is 6.21. The Morgan fingerprint density at radius 1 is 0.867 bits per heavy atom. The zero-order valence-corrected chi connectivity index (χ0v) is 18.0. The molecule has 1 aromatic rings. The standard InChI is InChI=1S/C15H15F6O6PS2/c1-26-29(22,23)11-7-5-4-6-10(11)28(3)13(18)9-8-12(16,17)14(19,20)15(13,21)30(24,25)27-2/h4-9H,1-3H3. The molecule has 3 atom stereocenters.